The molecule has 0 unspecified atom stereocenters. The topological polar surface area (TPSA) is 62.3 Å². The second-order valence-electron chi connectivity index (χ2n) is 5.66. The molecule has 2 aromatic rings. The Morgan fingerprint density at radius 3 is 2.65 bits per heavy atom. The fourth-order valence-electron chi connectivity index (χ4n) is 2.41. The van der Waals surface area contributed by atoms with Crippen molar-refractivity contribution in [3.05, 3.63) is 52.0 Å². The molecule has 1 aromatic carbocycles. The summed E-state index contributed by atoms with van der Waals surface area (Å²) in [5.41, 5.74) is 1.48. The van der Waals surface area contributed by atoms with Crippen LogP contribution in [0.5, 0.6) is 0 Å². The number of amides is 2. The van der Waals surface area contributed by atoms with Crippen molar-refractivity contribution in [3.8, 4) is 0 Å². The molecule has 120 valence electrons. The number of nitrogens with zero attached hydrogens (tertiary/aromatic N) is 2. The maximum atomic E-state index is 12.5. The first-order valence-electron chi connectivity index (χ1n) is 7.67. The van der Waals surface area contributed by atoms with Gasteiger partial charge in [0.15, 0.2) is 0 Å². The van der Waals surface area contributed by atoms with Gasteiger partial charge >= 0.3 is 0 Å². The predicted octanol–water partition coefficient (Wildman–Crippen LogP) is 2.37. The van der Waals surface area contributed by atoms with Crippen LogP contribution in [0.2, 0.25) is 0 Å². The van der Waals surface area contributed by atoms with Crippen LogP contribution in [-0.4, -0.2) is 34.3 Å². The highest BCUT2D eigenvalue weighted by atomic mass is 32.1. The number of rotatable bonds is 6. The number of nitrogens with one attached hydrogen (secondary N) is 1. The molecule has 0 aliphatic heterocycles. The number of aromatic nitrogens is 1. The van der Waals surface area contributed by atoms with Gasteiger partial charge in [-0.05, 0) is 31.9 Å². The van der Waals surface area contributed by atoms with Crippen LogP contribution in [-0.2, 0) is 11.3 Å². The first-order valence-corrected chi connectivity index (χ1v) is 8.55. The average Bonchev–Trinajstić information content (AvgIpc) is 3.33. The molecule has 1 aliphatic rings. The molecule has 1 fully saturated rings. The third-order valence-electron chi connectivity index (χ3n) is 3.74. The number of aryl methyl sites for hydroxylation is 1. The highest BCUT2D eigenvalue weighted by Crippen LogP contribution is 2.28. The second-order valence-corrected chi connectivity index (χ2v) is 6.72. The molecule has 1 heterocycles. The second kappa shape index (κ2) is 6.91. The van der Waals surface area contributed by atoms with Gasteiger partial charge in [-0.25, -0.2) is 4.98 Å². The summed E-state index contributed by atoms with van der Waals surface area (Å²) in [6.45, 7) is 2.50. The Kier molecular flexibility index (Phi) is 4.71. The number of hydrogen-bond acceptors (Lipinski definition) is 4. The van der Waals surface area contributed by atoms with Gasteiger partial charge < -0.3 is 10.2 Å². The van der Waals surface area contributed by atoms with Crippen LogP contribution < -0.4 is 5.32 Å². The monoisotopic (exact) mass is 329 g/mol. The third-order valence-corrected chi connectivity index (χ3v) is 4.57. The van der Waals surface area contributed by atoms with Crippen molar-refractivity contribution >= 4 is 23.2 Å². The van der Waals surface area contributed by atoms with Gasteiger partial charge in [-0.15, -0.1) is 11.3 Å². The van der Waals surface area contributed by atoms with Crippen molar-refractivity contribution in [2.75, 3.05) is 6.54 Å². The molecule has 0 atom stereocenters. The van der Waals surface area contributed by atoms with Gasteiger partial charge in [0.05, 0.1) is 23.8 Å². The molecule has 23 heavy (non-hydrogen) atoms. The van der Waals surface area contributed by atoms with E-state index in [2.05, 4.69) is 10.3 Å². The van der Waals surface area contributed by atoms with Crippen LogP contribution in [0.4, 0.5) is 0 Å². The largest absolute Gasteiger partial charge is 0.343 e. The summed E-state index contributed by atoms with van der Waals surface area (Å²) in [6.07, 6.45) is 2.06. The lowest BCUT2D eigenvalue weighted by atomic mass is 10.2. The predicted molar refractivity (Wildman–Crippen MR) is 89.2 cm³/mol. The lowest BCUT2D eigenvalue weighted by Crippen LogP contribution is -2.41. The maximum Gasteiger partial charge on any atom is 0.251 e. The van der Waals surface area contributed by atoms with E-state index in [-0.39, 0.29) is 24.4 Å². The lowest BCUT2D eigenvalue weighted by Gasteiger charge is -2.21. The van der Waals surface area contributed by atoms with E-state index in [0.29, 0.717) is 12.1 Å². The number of thiazole rings is 1. The lowest BCUT2D eigenvalue weighted by molar-refractivity contribution is -0.131. The Bertz CT molecular complexity index is 695. The Morgan fingerprint density at radius 1 is 1.30 bits per heavy atom. The minimum Gasteiger partial charge on any atom is -0.343 e. The molecule has 5 nitrogen and oxygen atoms in total. The van der Waals surface area contributed by atoms with Gasteiger partial charge in [0, 0.05) is 17.0 Å². The summed E-state index contributed by atoms with van der Waals surface area (Å²) < 4.78 is 0. The van der Waals surface area contributed by atoms with E-state index in [1.54, 1.807) is 35.6 Å². The van der Waals surface area contributed by atoms with Crippen LogP contribution >= 0.6 is 11.3 Å². The van der Waals surface area contributed by atoms with Gasteiger partial charge in [0.25, 0.3) is 5.91 Å². The molecule has 0 spiro atoms. The van der Waals surface area contributed by atoms with E-state index in [0.717, 1.165) is 23.5 Å². The molecular formula is C17H19N3O2S. The van der Waals surface area contributed by atoms with Crippen molar-refractivity contribution in [1.29, 1.82) is 0 Å². The van der Waals surface area contributed by atoms with E-state index in [1.807, 2.05) is 23.3 Å². The first-order chi connectivity index (χ1) is 11.1. The van der Waals surface area contributed by atoms with Crippen molar-refractivity contribution < 1.29 is 9.59 Å². The Morgan fingerprint density at radius 2 is 2.04 bits per heavy atom. The SMILES string of the molecule is Cc1nc(CN(C(=O)CNC(=O)c2ccccc2)C2CC2)cs1. The van der Waals surface area contributed by atoms with Crippen molar-refractivity contribution in [3.63, 3.8) is 0 Å². The van der Waals surface area contributed by atoms with Gasteiger partial charge in [-0.2, -0.15) is 0 Å². The summed E-state index contributed by atoms with van der Waals surface area (Å²) in [5.74, 6) is -0.276. The molecule has 0 bridgehead atoms. The summed E-state index contributed by atoms with van der Waals surface area (Å²) in [6, 6.07) is 9.22. The van der Waals surface area contributed by atoms with Crippen molar-refractivity contribution in [2.24, 2.45) is 0 Å². The molecule has 3 rings (SSSR count). The quantitative estimate of drug-likeness (QED) is 0.885. The molecule has 0 saturated heterocycles. The van der Waals surface area contributed by atoms with Crippen LogP contribution in [0.3, 0.4) is 0 Å². The minimum atomic E-state index is -0.223. The van der Waals surface area contributed by atoms with Gasteiger partial charge in [-0.3, -0.25) is 9.59 Å². The van der Waals surface area contributed by atoms with E-state index in [1.165, 1.54) is 0 Å². The minimum absolute atomic E-state index is 0.0212. The average molecular weight is 329 g/mol. The maximum absolute atomic E-state index is 12.5. The number of benzene rings is 1. The molecule has 1 aliphatic carbocycles. The smallest absolute Gasteiger partial charge is 0.251 e. The van der Waals surface area contributed by atoms with Crippen LogP contribution in [0.15, 0.2) is 35.7 Å². The highest BCUT2D eigenvalue weighted by Gasteiger charge is 2.32. The van der Waals surface area contributed by atoms with E-state index in [4.69, 9.17) is 0 Å². The zero-order chi connectivity index (χ0) is 16.2. The summed E-state index contributed by atoms with van der Waals surface area (Å²) >= 11 is 1.59. The number of hydrogen-bond donors (Lipinski definition) is 1. The van der Waals surface area contributed by atoms with Crippen LogP contribution in [0, 0.1) is 6.92 Å². The highest BCUT2D eigenvalue weighted by molar-refractivity contribution is 7.09. The van der Waals surface area contributed by atoms with Gasteiger partial charge in [-0.1, -0.05) is 18.2 Å². The molecule has 6 heteroatoms. The number of carbonyl (C=O) groups excluding carboxylic acids is 2. The third kappa shape index (κ3) is 4.16. The fourth-order valence-corrected chi connectivity index (χ4v) is 3.02. The van der Waals surface area contributed by atoms with Crippen molar-refractivity contribution in [2.45, 2.75) is 32.4 Å². The van der Waals surface area contributed by atoms with Crippen LogP contribution in [0.1, 0.15) is 33.9 Å². The molecule has 1 saturated carbocycles. The first kappa shape index (κ1) is 15.7. The molecule has 2 amide bonds. The summed E-state index contributed by atoms with van der Waals surface area (Å²) in [4.78, 5) is 30.7. The Balaban J connectivity index is 1.57. The van der Waals surface area contributed by atoms with Gasteiger partial charge in [0.1, 0.15) is 0 Å². The standard InChI is InChI=1S/C17H19N3O2S/c1-12-19-14(11-23-12)10-20(15-7-8-15)16(21)9-18-17(22)13-5-3-2-4-6-13/h2-6,11,15H,7-10H2,1H3,(H,18,22). The zero-order valence-corrected chi connectivity index (χ0v) is 13.8. The Hall–Kier alpha value is -2.21. The summed E-state index contributed by atoms with van der Waals surface area (Å²) in [7, 11) is 0. The zero-order valence-electron chi connectivity index (χ0n) is 13.0. The molecule has 0 radical (unpaired) electrons. The van der Waals surface area contributed by atoms with E-state index < -0.39 is 0 Å². The fraction of sp³-hybridized carbons (Fsp3) is 0.353. The normalized spacial score (nSPS) is 13.6. The van der Waals surface area contributed by atoms with Gasteiger partial charge in [0.2, 0.25) is 5.91 Å². The summed E-state index contributed by atoms with van der Waals surface area (Å²) in [5, 5.41) is 5.69. The van der Waals surface area contributed by atoms with Crippen LogP contribution in [0.25, 0.3) is 0 Å². The number of carbonyl (C=O) groups is 2. The molecule has 1 aromatic heterocycles. The Labute approximate surface area is 139 Å². The molecular weight excluding hydrogens is 310 g/mol. The van der Waals surface area contributed by atoms with Crippen molar-refractivity contribution in [1.82, 2.24) is 15.2 Å². The van der Waals surface area contributed by atoms with E-state index in [9.17, 15) is 9.59 Å². The molecule has 1 N–H and O–H groups in total. The van der Waals surface area contributed by atoms with E-state index >= 15 is 0 Å².